The standard InChI is InChI=1S/C27H32N2O5S/c1-29(2)11-6-12-34-24-15-21-25(16-23(24)33-3)35-26(28-21)10-9-22(30)20-13-17(14-27(31)32)18-7-4-5-8-19(18)20/h4-5,7-8,15-17,20H,6,9-14H2,1-3H3,(H,31,32). The molecule has 2 unspecified atom stereocenters. The molecule has 1 aliphatic carbocycles. The summed E-state index contributed by atoms with van der Waals surface area (Å²) in [5.41, 5.74) is 2.82. The predicted molar refractivity (Wildman–Crippen MR) is 137 cm³/mol. The number of ketones is 1. The minimum atomic E-state index is -0.830. The summed E-state index contributed by atoms with van der Waals surface area (Å²) in [5.74, 6) is 0.325. The second-order valence-corrected chi connectivity index (χ2v) is 10.4. The van der Waals surface area contributed by atoms with Crippen molar-refractivity contribution in [2.45, 2.75) is 43.9 Å². The molecule has 1 aromatic heterocycles. The number of hydrogen-bond donors (Lipinski definition) is 1. The Morgan fingerprint density at radius 1 is 1.17 bits per heavy atom. The van der Waals surface area contributed by atoms with E-state index in [1.807, 2.05) is 50.5 Å². The molecule has 0 amide bonds. The third-order valence-corrected chi connectivity index (χ3v) is 7.53. The van der Waals surface area contributed by atoms with Crippen LogP contribution < -0.4 is 9.47 Å². The third-order valence-electron chi connectivity index (χ3n) is 6.45. The molecule has 0 aliphatic heterocycles. The van der Waals surface area contributed by atoms with Crippen molar-refractivity contribution in [3.63, 3.8) is 0 Å². The van der Waals surface area contributed by atoms with Crippen molar-refractivity contribution in [1.29, 1.82) is 0 Å². The van der Waals surface area contributed by atoms with Gasteiger partial charge in [-0.3, -0.25) is 9.59 Å². The van der Waals surface area contributed by atoms with Gasteiger partial charge in [0.25, 0.3) is 0 Å². The molecule has 1 N–H and O–H groups in total. The smallest absolute Gasteiger partial charge is 0.303 e. The van der Waals surface area contributed by atoms with E-state index in [0.717, 1.165) is 39.3 Å². The van der Waals surface area contributed by atoms with Gasteiger partial charge >= 0.3 is 5.97 Å². The first-order valence-electron chi connectivity index (χ1n) is 11.9. The minimum absolute atomic E-state index is 0.0556. The molecular formula is C27H32N2O5S. The first-order valence-corrected chi connectivity index (χ1v) is 12.8. The van der Waals surface area contributed by atoms with Crippen LogP contribution >= 0.6 is 11.3 Å². The number of carboxylic acids is 1. The number of aromatic nitrogens is 1. The average molecular weight is 497 g/mol. The molecular weight excluding hydrogens is 464 g/mol. The van der Waals surface area contributed by atoms with Gasteiger partial charge in [-0.1, -0.05) is 24.3 Å². The van der Waals surface area contributed by atoms with E-state index in [9.17, 15) is 14.7 Å². The Labute approximate surface area is 209 Å². The van der Waals surface area contributed by atoms with E-state index in [1.165, 1.54) is 0 Å². The number of benzene rings is 2. The Bertz CT molecular complexity index is 1210. The topological polar surface area (TPSA) is 89.0 Å². The van der Waals surface area contributed by atoms with Gasteiger partial charge in [0.05, 0.1) is 35.4 Å². The minimum Gasteiger partial charge on any atom is -0.493 e. The summed E-state index contributed by atoms with van der Waals surface area (Å²) >= 11 is 1.56. The molecule has 3 aromatic rings. The lowest BCUT2D eigenvalue weighted by atomic mass is 9.93. The van der Waals surface area contributed by atoms with Crippen LogP contribution in [0, 0.1) is 0 Å². The normalized spacial score (nSPS) is 17.0. The van der Waals surface area contributed by atoms with Crippen LogP contribution in [-0.2, 0) is 16.0 Å². The number of carbonyl (C=O) groups is 2. The van der Waals surface area contributed by atoms with Crippen LogP contribution in [-0.4, -0.2) is 61.1 Å². The fourth-order valence-electron chi connectivity index (χ4n) is 4.78. The van der Waals surface area contributed by atoms with Crippen molar-refractivity contribution in [3.05, 3.63) is 52.5 Å². The molecule has 2 atom stereocenters. The number of carboxylic acid groups (broad SMARTS) is 1. The Morgan fingerprint density at radius 2 is 1.94 bits per heavy atom. The number of aliphatic carboxylic acids is 1. The number of rotatable bonds is 12. The molecule has 7 nitrogen and oxygen atoms in total. The molecule has 0 radical (unpaired) electrons. The summed E-state index contributed by atoms with van der Waals surface area (Å²) in [4.78, 5) is 31.3. The lowest BCUT2D eigenvalue weighted by Crippen LogP contribution is -2.15. The lowest BCUT2D eigenvalue weighted by Gasteiger charge is -2.12. The van der Waals surface area contributed by atoms with Gasteiger partial charge in [0, 0.05) is 37.4 Å². The Balaban J connectivity index is 1.42. The second-order valence-electron chi connectivity index (χ2n) is 9.26. The fraction of sp³-hybridized carbons (Fsp3) is 0.444. The number of aryl methyl sites for hydroxylation is 1. The summed E-state index contributed by atoms with van der Waals surface area (Å²) in [6.07, 6.45) is 2.47. The van der Waals surface area contributed by atoms with E-state index in [-0.39, 0.29) is 24.0 Å². The highest BCUT2D eigenvalue weighted by Crippen LogP contribution is 2.44. The molecule has 4 rings (SSSR count). The van der Waals surface area contributed by atoms with Gasteiger partial charge in [-0.15, -0.1) is 11.3 Å². The van der Waals surface area contributed by atoms with Gasteiger partial charge in [-0.25, -0.2) is 4.98 Å². The van der Waals surface area contributed by atoms with E-state index in [0.29, 0.717) is 37.4 Å². The fourth-order valence-corrected chi connectivity index (χ4v) is 5.75. The molecule has 1 aliphatic rings. The molecule has 186 valence electrons. The van der Waals surface area contributed by atoms with Crippen molar-refractivity contribution < 1.29 is 24.2 Å². The van der Waals surface area contributed by atoms with Crippen LogP contribution in [0.1, 0.15) is 53.7 Å². The predicted octanol–water partition coefficient (Wildman–Crippen LogP) is 4.88. The Kier molecular flexibility index (Phi) is 8.03. The lowest BCUT2D eigenvalue weighted by molar-refractivity contribution is -0.137. The average Bonchev–Trinajstić information content (AvgIpc) is 3.40. The van der Waals surface area contributed by atoms with Gasteiger partial charge in [0.2, 0.25) is 0 Å². The van der Waals surface area contributed by atoms with Crippen molar-refractivity contribution in [2.24, 2.45) is 0 Å². The quantitative estimate of drug-likeness (QED) is 0.357. The van der Waals surface area contributed by atoms with Crippen LogP contribution in [0.15, 0.2) is 36.4 Å². The van der Waals surface area contributed by atoms with Crippen LogP contribution in [0.4, 0.5) is 0 Å². The summed E-state index contributed by atoms with van der Waals surface area (Å²) in [6.45, 7) is 1.54. The number of hydrogen-bond acceptors (Lipinski definition) is 7. The summed E-state index contributed by atoms with van der Waals surface area (Å²) in [7, 11) is 5.70. The molecule has 0 saturated carbocycles. The molecule has 0 bridgehead atoms. The summed E-state index contributed by atoms with van der Waals surface area (Å²) in [5, 5.41) is 10.2. The molecule has 2 aromatic carbocycles. The van der Waals surface area contributed by atoms with E-state index >= 15 is 0 Å². The van der Waals surface area contributed by atoms with Crippen LogP contribution in [0.2, 0.25) is 0 Å². The van der Waals surface area contributed by atoms with E-state index in [4.69, 9.17) is 14.5 Å². The highest BCUT2D eigenvalue weighted by atomic mass is 32.1. The van der Waals surface area contributed by atoms with Crippen LogP contribution in [0.5, 0.6) is 11.5 Å². The maximum absolute atomic E-state index is 13.2. The van der Waals surface area contributed by atoms with E-state index in [1.54, 1.807) is 18.4 Å². The maximum Gasteiger partial charge on any atom is 0.303 e. The highest BCUT2D eigenvalue weighted by molar-refractivity contribution is 7.18. The summed E-state index contributed by atoms with van der Waals surface area (Å²) in [6, 6.07) is 11.6. The zero-order valence-corrected chi connectivity index (χ0v) is 21.3. The Hall–Kier alpha value is -2.97. The SMILES string of the molecule is COc1cc2sc(CCC(=O)C3CC(CC(=O)O)c4ccccc43)nc2cc1OCCCN(C)C. The number of nitrogens with zero attached hydrogens (tertiary/aromatic N) is 2. The third kappa shape index (κ3) is 6.00. The molecule has 0 fully saturated rings. The molecule has 0 saturated heterocycles. The molecule has 8 heteroatoms. The van der Waals surface area contributed by atoms with Crippen LogP contribution in [0.25, 0.3) is 10.2 Å². The molecule has 1 heterocycles. The number of thiazole rings is 1. The van der Waals surface area contributed by atoms with Gasteiger partial charge < -0.3 is 19.5 Å². The largest absolute Gasteiger partial charge is 0.493 e. The number of carbonyl (C=O) groups excluding carboxylic acids is 1. The van der Waals surface area contributed by atoms with E-state index in [2.05, 4.69) is 4.90 Å². The zero-order valence-electron chi connectivity index (χ0n) is 20.5. The van der Waals surface area contributed by atoms with Crippen molar-refractivity contribution >= 4 is 33.3 Å². The van der Waals surface area contributed by atoms with Gasteiger partial charge in [-0.2, -0.15) is 0 Å². The first kappa shape index (κ1) is 25.1. The number of fused-ring (bicyclic) bond motifs is 2. The molecule has 0 spiro atoms. The number of ether oxygens (including phenoxy) is 2. The number of Topliss-reactive ketones (excluding diaryl/α,β-unsaturated/α-hetero) is 1. The van der Waals surface area contributed by atoms with Crippen molar-refractivity contribution in [1.82, 2.24) is 9.88 Å². The Morgan fingerprint density at radius 3 is 2.66 bits per heavy atom. The van der Waals surface area contributed by atoms with Crippen molar-refractivity contribution in [2.75, 3.05) is 34.4 Å². The monoisotopic (exact) mass is 496 g/mol. The zero-order chi connectivity index (χ0) is 24.9. The first-order chi connectivity index (χ1) is 16.9. The highest BCUT2D eigenvalue weighted by Gasteiger charge is 2.35. The van der Waals surface area contributed by atoms with Gasteiger partial charge in [0.1, 0.15) is 5.78 Å². The van der Waals surface area contributed by atoms with Gasteiger partial charge in [0.15, 0.2) is 11.5 Å². The maximum atomic E-state index is 13.2. The number of methoxy groups -OCH3 is 1. The second kappa shape index (κ2) is 11.2. The van der Waals surface area contributed by atoms with Crippen molar-refractivity contribution in [3.8, 4) is 11.5 Å². The molecule has 35 heavy (non-hydrogen) atoms. The van der Waals surface area contributed by atoms with Crippen LogP contribution in [0.3, 0.4) is 0 Å². The van der Waals surface area contributed by atoms with Gasteiger partial charge in [-0.05, 0) is 44.0 Å². The summed E-state index contributed by atoms with van der Waals surface area (Å²) < 4.78 is 12.5. The van der Waals surface area contributed by atoms with E-state index < -0.39 is 5.97 Å².